The lowest BCUT2D eigenvalue weighted by atomic mass is 9.91. The summed E-state index contributed by atoms with van der Waals surface area (Å²) in [7, 11) is 1.54. The van der Waals surface area contributed by atoms with Crippen LogP contribution in [0.15, 0.2) is 12.4 Å². The molecule has 1 heterocycles. The fraction of sp³-hybridized carbons (Fsp3) is 0.667. The van der Waals surface area contributed by atoms with Crippen molar-refractivity contribution in [3.05, 3.63) is 12.4 Å². The number of carbonyl (C=O) groups is 2. The molecular weight excluding hydrogens is 239 g/mol. The van der Waals surface area contributed by atoms with E-state index in [4.69, 9.17) is 0 Å². The van der Waals surface area contributed by atoms with E-state index in [1.165, 1.54) is 11.9 Å². The van der Waals surface area contributed by atoms with E-state index in [2.05, 4.69) is 6.58 Å². The number of halogens is 1. The number of nitrogens with zero attached hydrogens (tertiary/aromatic N) is 2. The van der Waals surface area contributed by atoms with Crippen LogP contribution in [0.25, 0.3) is 0 Å². The number of likely N-dealkylation sites (N-methyl/N-ethyl adjacent to an activating group) is 1. The third-order valence-electron chi connectivity index (χ3n) is 3.01. The lowest BCUT2D eigenvalue weighted by Crippen LogP contribution is -2.50. The molecule has 0 spiro atoms. The van der Waals surface area contributed by atoms with E-state index in [9.17, 15) is 19.1 Å². The highest BCUT2D eigenvalue weighted by Gasteiger charge is 2.51. The van der Waals surface area contributed by atoms with Crippen molar-refractivity contribution in [2.45, 2.75) is 39.4 Å². The second-order valence-corrected chi connectivity index (χ2v) is 5.62. The Labute approximate surface area is 106 Å². The first-order chi connectivity index (χ1) is 8.07. The summed E-state index contributed by atoms with van der Waals surface area (Å²) < 4.78 is 12.9. The van der Waals surface area contributed by atoms with Gasteiger partial charge in [0.25, 0.3) is 0 Å². The molecule has 2 amide bonds. The molecule has 0 aromatic rings. The van der Waals surface area contributed by atoms with Gasteiger partial charge < -0.3 is 10.0 Å². The first-order valence-electron chi connectivity index (χ1n) is 5.68. The summed E-state index contributed by atoms with van der Waals surface area (Å²) in [4.78, 5) is 25.7. The van der Waals surface area contributed by atoms with Crippen molar-refractivity contribution >= 4 is 12.0 Å². The van der Waals surface area contributed by atoms with Crippen molar-refractivity contribution in [2.24, 2.45) is 5.41 Å². The zero-order valence-electron chi connectivity index (χ0n) is 11.1. The smallest absolute Gasteiger partial charge is 0.409 e. The molecule has 1 N–H and O–H groups in total. The van der Waals surface area contributed by atoms with E-state index in [-0.39, 0.29) is 6.42 Å². The predicted octanol–water partition coefficient (Wildman–Crippen LogP) is 2.05. The van der Waals surface area contributed by atoms with Gasteiger partial charge in [-0.15, -0.1) is 0 Å². The Morgan fingerprint density at radius 1 is 1.50 bits per heavy atom. The molecule has 1 fully saturated rings. The van der Waals surface area contributed by atoms with Crippen LogP contribution < -0.4 is 0 Å². The molecule has 5 nitrogen and oxygen atoms in total. The maximum atomic E-state index is 12.9. The molecule has 0 saturated carbocycles. The number of rotatable bonds is 2. The third-order valence-corrected chi connectivity index (χ3v) is 3.01. The molecule has 0 unspecified atom stereocenters. The van der Waals surface area contributed by atoms with Crippen molar-refractivity contribution in [3.8, 4) is 0 Å². The highest BCUT2D eigenvalue weighted by molar-refractivity contribution is 5.89. The Kier molecular flexibility index (Phi) is 3.69. The van der Waals surface area contributed by atoms with Crippen molar-refractivity contribution in [3.63, 3.8) is 0 Å². The lowest BCUT2D eigenvalue weighted by molar-refractivity contribution is -0.129. The first kappa shape index (κ1) is 14.5. The highest BCUT2D eigenvalue weighted by atomic mass is 19.1. The number of carboxylic acid groups (broad SMARTS) is 1. The maximum absolute atomic E-state index is 12.9. The van der Waals surface area contributed by atoms with Gasteiger partial charge >= 0.3 is 6.09 Å². The van der Waals surface area contributed by atoms with Gasteiger partial charge in [0.15, 0.2) is 0 Å². The van der Waals surface area contributed by atoms with Gasteiger partial charge in [-0.3, -0.25) is 9.69 Å². The molecule has 0 bridgehead atoms. The fourth-order valence-electron chi connectivity index (χ4n) is 2.46. The number of amides is 2. The Balaban J connectivity index is 3.17. The van der Waals surface area contributed by atoms with Crippen LogP contribution in [0.4, 0.5) is 9.18 Å². The molecule has 2 atom stereocenters. The topological polar surface area (TPSA) is 60.9 Å². The third kappa shape index (κ3) is 2.47. The molecule has 0 radical (unpaired) electrons. The molecule has 0 aromatic heterocycles. The van der Waals surface area contributed by atoms with E-state index in [1.807, 2.05) is 20.8 Å². The van der Waals surface area contributed by atoms with Gasteiger partial charge in [0.2, 0.25) is 5.91 Å². The van der Waals surface area contributed by atoms with Crippen LogP contribution in [0.5, 0.6) is 0 Å². The van der Waals surface area contributed by atoms with E-state index in [1.54, 1.807) is 0 Å². The maximum Gasteiger partial charge on any atom is 0.409 e. The highest BCUT2D eigenvalue weighted by Crippen LogP contribution is 2.35. The van der Waals surface area contributed by atoms with Crippen molar-refractivity contribution in [2.75, 3.05) is 7.05 Å². The van der Waals surface area contributed by atoms with Crippen LogP contribution in [0.2, 0.25) is 0 Å². The summed E-state index contributed by atoms with van der Waals surface area (Å²) in [6.45, 7) is 8.61. The standard InChI is InChI=1S/C12H19FN2O3/c1-7(13)6-8-9(16)14(5)10(12(2,3)4)15(8)11(17)18/h8,10H,1,6H2,2-5H3,(H,17,18)/t8-,10-/m0/s1. The Hall–Kier alpha value is -1.59. The number of hydrogen-bond acceptors (Lipinski definition) is 2. The molecule has 102 valence electrons. The Morgan fingerprint density at radius 2 is 2.00 bits per heavy atom. The minimum absolute atomic E-state index is 0.290. The fourth-order valence-corrected chi connectivity index (χ4v) is 2.46. The molecule has 1 rings (SSSR count). The summed E-state index contributed by atoms with van der Waals surface area (Å²) >= 11 is 0. The van der Waals surface area contributed by atoms with Crippen molar-refractivity contribution in [1.82, 2.24) is 9.80 Å². The molecule has 0 aromatic carbocycles. The van der Waals surface area contributed by atoms with E-state index < -0.39 is 35.4 Å². The zero-order chi connectivity index (χ0) is 14.2. The Bertz CT molecular complexity index is 389. The number of hydrogen-bond donors (Lipinski definition) is 1. The molecule has 1 aliphatic rings. The van der Waals surface area contributed by atoms with Crippen LogP contribution in [0.1, 0.15) is 27.2 Å². The predicted molar refractivity (Wildman–Crippen MR) is 64.5 cm³/mol. The zero-order valence-corrected chi connectivity index (χ0v) is 11.1. The molecule has 18 heavy (non-hydrogen) atoms. The van der Waals surface area contributed by atoms with Gasteiger partial charge in [-0.2, -0.15) is 0 Å². The molecule has 6 heteroatoms. The second-order valence-electron chi connectivity index (χ2n) is 5.62. The molecule has 1 saturated heterocycles. The van der Waals surface area contributed by atoms with E-state index >= 15 is 0 Å². The van der Waals surface area contributed by atoms with Gasteiger partial charge in [-0.25, -0.2) is 9.18 Å². The summed E-state index contributed by atoms with van der Waals surface area (Å²) in [5.74, 6) is -1.08. The minimum atomic E-state index is -1.22. The van der Waals surface area contributed by atoms with Crippen LogP contribution >= 0.6 is 0 Å². The summed E-state index contributed by atoms with van der Waals surface area (Å²) in [6.07, 6.45) is -2.12. The summed E-state index contributed by atoms with van der Waals surface area (Å²) in [6, 6.07) is -1.02. The normalized spacial score (nSPS) is 24.6. The number of carbonyl (C=O) groups excluding carboxylic acids is 1. The first-order valence-corrected chi connectivity index (χ1v) is 5.68. The van der Waals surface area contributed by atoms with Crippen LogP contribution in [-0.4, -0.2) is 46.2 Å². The van der Waals surface area contributed by atoms with Gasteiger partial charge in [-0.05, 0) is 0 Å². The summed E-state index contributed by atoms with van der Waals surface area (Å²) in [5, 5.41) is 9.26. The lowest BCUT2D eigenvalue weighted by Gasteiger charge is -2.37. The average Bonchev–Trinajstić information content (AvgIpc) is 2.40. The Morgan fingerprint density at radius 3 is 2.33 bits per heavy atom. The van der Waals surface area contributed by atoms with E-state index in [0.717, 1.165) is 4.90 Å². The second kappa shape index (κ2) is 4.59. The largest absolute Gasteiger partial charge is 0.465 e. The molecular formula is C12H19FN2O3. The van der Waals surface area contributed by atoms with Crippen LogP contribution in [0.3, 0.4) is 0 Å². The van der Waals surface area contributed by atoms with Crippen molar-refractivity contribution < 1.29 is 19.1 Å². The van der Waals surface area contributed by atoms with Crippen LogP contribution in [0, 0.1) is 5.41 Å². The van der Waals surface area contributed by atoms with Crippen LogP contribution in [-0.2, 0) is 4.79 Å². The van der Waals surface area contributed by atoms with Crippen molar-refractivity contribution in [1.29, 1.82) is 0 Å². The molecule has 0 aliphatic carbocycles. The quantitative estimate of drug-likeness (QED) is 0.824. The van der Waals surface area contributed by atoms with Gasteiger partial charge in [0.1, 0.15) is 12.2 Å². The van der Waals surface area contributed by atoms with Gasteiger partial charge in [0.05, 0.1) is 5.83 Å². The molecule has 1 aliphatic heterocycles. The summed E-state index contributed by atoms with van der Waals surface area (Å²) in [5.41, 5.74) is -0.449. The average molecular weight is 258 g/mol. The minimum Gasteiger partial charge on any atom is -0.465 e. The monoisotopic (exact) mass is 258 g/mol. The van der Waals surface area contributed by atoms with Gasteiger partial charge in [-0.1, -0.05) is 27.4 Å². The SMILES string of the molecule is C=C(F)C[C@H]1C(=O)N(C)[C@H](C(C)(C)C)N1C(=O)O. The van der Waals surface area contributed by atoms with E-state index in [0.29, 0.717) is 0 Å². The van der Waals surface area contributed by atoms with Gasteiger partial charge in [0, 0.05) is 18.9 Å².